The normalized spacial score (nSPS) is 33.8. The summed E-state index contributed by atoms with van der Waals surface area (Å²) < 4.78 is 27.5. The molecular weight excluding hydrogens is 372 g/mol. The number of carbonyl (C=O) groups excluding carboxylic acids is 1. The van der Waals surface area contributed by atoms with Gasteiger partial charge in [0.15, 0.2) is 0 Å². The van der Waals surface area contributed by atoms with Crippen molar-refractivity contribution < 1.29 is 13.2 Å². The van der Waals surface area contributed by atoms with Crippen molar-refractivity contribution in [3.8, 4) is 0 Å². The first-order valence-electron chi connectivity index (χ1n) is 9.35. The lowest BCUT2D eigenvalue weighted by molar-refractivity contribution is -0.128. The van der Waals surface area contributed by atoms with E-state index >= 15 is 0 Å². The van der Waals surface area contributed by atoms with E-state index in [9.17, 15) is 13.2 Å². The molecule has 2 N–H and O–H groups in total. The molecule has 4 saturated carbocycles. The summed E-state index contributed by atoms with van der Waals surface area (Å²) in [5.41, 5.74) is -0.119. The summed E-state index contributed by atoms with van der Waals surface area (Å²) in [5, 5.41) is 3.69. The third-order valence-corrected chi connectivity index (χ3v) is 8.08. The van der Waals surface area contributed by atoms with E-state index in [0.29, 0.717) is 5.02 Å². The molecule has 0 heterocycles. The highest BCUT2D eigenvalue weighted by atomic mass is 35.5. The minimum Gasteiger partial charge on any atom is -0.349 e. The lowest BCUT2D eigenvalue weighted by Gasteiger charge is -2.57. The van der Waals surface area contributed by atoms with Crippen molar-refractivity contribution in [2.45, 2.75) is 61.9 Å². The summed E-state index contributed by atoms with van der Waals surface area (Å²) >= 11 is 5.81. The van der Waals surface area contributed by atoms with Gasteiger partial charge in [-0.15, -0.1) is 0 Å². The highest BCUT2D eigenvalue weighted by molar-refractivity contribution is 7.89. The van der Waals surface area contributed by atoms with Gasteiger partial charge in [0, 0.05) is 10.6 Å². The maximum atomic E-state index is 12.7. The number of nitrogens with one attached hydrogen (secondary N) is 2. The average molecular weight is 397 g/mol. The Morgan fingerprint density at radius 2 is 1.58 bits per heavy atom. The highest BCUT2D eigenvalue weighted by Crippen LogP contribution is 2.55. The summed E-state index contributed by atoms with van der Waals surface area (Å²) in [6.07, 6.45) is 7.03. The molecule has 4 bridgehead atoms. The van der Waals surface area contributed by atoms with Crippen LogP contribution in [-0.4, -0.2) is 25.9 Å². The molecule has 4 fully saturated rings. The Morgan fingerprint density at radius 1 is 1.08 bits per heavy atom. The number of benzene rings is 1. The standard InChI is InChI=1S/C19H25ClN2O3S/c1-12(22-26(24,25)17-4-2-16(20)3-5-17)18(23)21-19-9-13-6-14(10-19)8-15(7-13)11-19/h2-5,12-15,22H,6-11H2,1H3,(H,21,23)/t12-,13?,14?,15?,19?/m0/s1. The smallest absolute Gasteiger partial charge is 0.241 e. The summed E-state index contributed by atoms with van der Waals surface area (Å²) in [6.45, 7) is 1.60. The summed E-state index contributed by atoms with van der Waals surface area (Å²) in [4.78, 5) is 12.8. The molecule has 0 saturated heterocycles. The first kappa shape index (κ1) is 18.3. The Kier molecular flexibility index (Phi) is 4.56. The van der Waals surface area contributed by atoms with Crippen molar-refractivity contribution >= 4 is 27.5 Å². The molecule has 5 nitrogen and oxygen atoms in total. The highest BCUT2D eigenvalue weighted by Gasteiger charge is 2.51. The second-order valence-corrected chi connectivity index (χ2v) is 10.6. The Labute approximate surface area is 159 Å². The van der Waals surface area contributed by atoms with Gasteiger partial charge in [0.2, 0.25) is 15.9 Å². The van der Waals surface area contributed by atoms with Crippen LogP contribution >= 0.6 is 11.6 Å². The SMILES string of the molecule is C[C@H](NS(=O)(=O)c1ccc(Cl)cc1)C(=O)NC12CC3CC(CC(C3)C1)C2. The molecule has 1 amide bonds. The summed E-state index contributed by atoms with van der Waals surface area (Å²) in [6, 6.07) is 5.11. The van der Waals surface area contributed by atoms with Crippen molar-refractivity contribution in [2.75, 3.05) is 0 Å². The number of halogens is 1. The fraction of sp³-hybridized carbons (Fsp3) is 0.632. The van der Waals surface area contributed by atoms with Crippen LogP contribution in [0.1, 0.15) is 45.4 Å². The van der Waals surface area contributed by atoms with Crippen LogP contribution in [0.2, 0.25) is 5.02 Å². The van der Waals surface area contributed by atoms with Crippen LogP contribution in [0.15, 0.2) is 29.2 Å². The predicted octanol–water partition coefficient (Wildman–Crippen LogP) is 3.09. The van der Waals surface area contributed by atoms with Crippen LogP contribution in [0.4, 0.5) is 0 Å². The van der Waals surface area contributed by atoms with E-state index in [0.717, 1.165) is 37.0 Å². The maximum Gasteiger partial charge on any atom is 0.241 e. The largest absolute Gasteiger partial charge is 0.349 e. The monoisotopic (exact) mass is 396 g/mol. The molecule has 0 spiro atoms. The zero-order chi connectivity index (χ0) is 18.5. The fourth-order valence-corrected chi connectivity index (χ4v) is 6.93. The van der Waals surface area contributed by atoms with Gasteiger partial charge in [0.25, 0.3) is 0 Å². The Balaban J connectivity index is 1.43. The van der Waals surface area contributed by atoms with E-state index in [2.05, 4.69) is 10.0 Å². The van der Waals surface area contributed by atoms with Crippen LogP contribution in [0.5, 0.6) is 0 Å². The fourth-order valence-electron chi connectivity index (χ4n) is 5.60. The Morgan fingerprint density at radius 3 is 2.08 bits per heavy atom. The topological polar surface area (TPSA) is 75.3 Å². The molecule has 142 valence electrons. The molecule has 4 aliphatic carbocycles. The number of carbonyl (C=O) groups is 1. The number of hydrogen-bond donors (Lipinski definition) is 2. The third kappa shape index (κ3) is 3.51. The molecule has 4 aliphatic rings. The van der Waals surface area contributed by atoms with Crippen LogP contribution in [0.3, 0.4) is 0 Å². The molecule has 7 heteroatoms. The maximum absolute atomic E-state index is 12.7. The summed E-state index contributed by atoms with van der Waals surface area (Å²) in [7, 11) is -3.76. The summed E-state index contributed by atoms with van der Waals surface area (Å²) in [5.74, 6) is 1.94. The number of sulfonamides is 1. The van der Waals surface area contributed by atoms with Gasteiger partial charge in [-0.3, -0.25) is 4.79 Å². The van der Waals surface area contributed by atoms with E-state index in [1.165, 1.54) is 43.5 Å². The molecule has 1 aromatic rings. The molecule has 0 aromatic heterocycles. The predicted molar refractivity (Wildman–Crippen MR) is 100 cm³/mol. The van der Waals surface area contributed by atoms with E-state index in [4.69, 9.17) is 11.6 Å². The van der Waals surface area contributed by atoms with Gasteiger partial charge in [-0.1, -0.05) is 11.6 Å². The zero-order valence-electron chi connectivity index (χ0n) is 14.9. The molecule has 1 atom stereocenters. The van der Waals surface area contributed by atoms with Crippen LogP contribution in [0, 0.1) is 17.8 Å². The molecule has 0 aliphatic heterocycles. The molecular formula is C19H25ClN2O3S. The number of rotatable bonds is 5. The lowest BCUT2D eigenvalue weighted by atomic mass is 9.53. The van der Waals surface area contributed by atoms with Gasteiger partial charge in [0.05, 0.1) is 10.9 Å². The molecule has 26 heavy (non-hydrogen) atoms. The van der Waals surface area contributed by atoms with Crippen molar-refractivity contribution in [2.24, 2.45) is 17.8 Å². The molecule has 5 rings (SSSR count). The lowest BCUT2D eigenvalue weighted by Crippen LogP contribution is -2.62. The first-order chi connectivity index (χ1) is 12.2. The first-order valence-corrected chi connectivity index (χ1v) is 11.2. The quantitative estimate of drug-likeness (QED) is 0.803. The Bertz CT molecular complexity index is 771. The molecule has 1 aromatic carbocycles. The molecule has 0 radical (unpaired) electrons. The van der Waals surface area contributed by atoms with E-state index in [1.54, 1.807) is 6.92 Å². The number of hydrogen-bond acceptors (Lipinski definition) is 3. The van der Waals surface area contributed by atoms with Gasteiger partial charge >= 0.3 is 0 Å². The van der Waals surface area contributed by atoms with Gasteiger partial charge in [-0.25, -0.2) is 8.42 Å². The van der Waals surface area contributed by atoms with Gasteiger partial charge in [0.1, 0.15) is 0 Å². The van der Waals surface area contributed by atoms with Crippen LogP contribution in [0.25, 0.3) is 0 Å². The number of amides is 1. The minimum absolute atomic E-state index is 0.108. The Hall–Kier alpha value is -1.11. The molecule has 0 unspecified atom stereocenters. The second-order valence-electron chi connectivity index (χ2n) is 8.48. The van der Waals surface area contributed by atoms with Gasteiger partial charge in [-0.05, 0) is 87.5 Å². The minimum atomic E-state index is -3.76. The van der Waals surface area contributed by atoms with E-state index in [1.807, 2.05) is 0 Å². The van der Waals surface area contributed by atoms with Crippen molar-refractivity contribution in [1.29, 1.82) is 0 Å². The second kappa shape index (κ2) is 6.50. The third-order valence-electron chi connectivity index (χ3n) is 6.28. The van der Waals surface area contributed by atoms with E-state index in [-0.39, 0.29) is 16.3 Å². The average Bonchev–Trinajstić information content (AvgIpc) is 2.53. The van der Waals surface area contributed by atoms with Gasteiger partial charge < -0.3 is 5.32 Å². The van der Waals surface area contributed by atoms with Crippen LogP contribution in [-0.2, 0) is 14.8 Å². The zero-order valence-corrected chi connectivity index (χ0v) is 16.4. The van der Waals surface area contributed by atoms with Crippen molar-refractivity contribution in [1.82, 2.24) is 10.0 Å². The van der Waals surface area contributed by atoms with Crippen LogP contribution < -0.4 is 10.0 Å². The van der Waals surface area contributed by atoms with Crippen molar-refractivity contribution in [3.63, 3.8) is 0 Å². The van der Waals surface area contributed by atoms with Gasteiger partial charge in [-0.2, -0.15) is 4.72 Å². The van der Waals surface area contributed by atoms with E-state index < -0.39 is 16.1 Å². The van der Waals surface area contributed by atoms with Crippen molar-refractivity contribution in [3.05, 3.63) is 29.3 Å².